The van der Waals surface area contributed by atoms with Gasteiger partial charge in [0.25, 0.3) is 0 Å². The summed E-state index contributed by atoms with van der Waals surface area (Å²) in [5.74, 6) is -1.73. The molecule has 10 nitrogen and oxygen atoms in total. The van der Waals surface area contributed by atoms with E-state index in [1.54, 1.807) is 22.8 Å². The molecule has 1 aromatic heterocycles. The van der Waals surface area contributed by atoms with Gasteiger partial charge in [0.05, 0.1) is 28.9 Å². The van der Waals surface area contributed by atoms with E-state index in [2.05, 4.69) is 31.5 Å². The van der Waals surface area contributed by atoms with Crippen molar-refractivity contribution < 1.29 is 27.8 Å². The third-order valence-corrected chi connectivity index (χ3v) is 8.76. The maximum Gasteiger partial charge on any atom is 0.410 e. The second-order valence-corrected chi connectivity index (χ2v) is 13.2. The molecule has 3 aromatic rings. The van der Waals surface area contributed by atoms with E-state index in [0.717, 1.165) is 12.5 Å². The molecular weight excluding hydrogens is 650 g/mol. The van der Waals surface area contributed by atoms with Crippen LogP contribution < -0.4 is 10.6 Å². The first-order chi connectivity index (χ1) is 21.4. The van der Waals surface area contributed by atoms with Gasteiger partial charge in [0.2, 0.25) is 0 Å². The fraction of sp³-hybridized carbons (Fsp3) is 0.469. The van der Waals surface area contributed by atoms with Gasteiger partial charge in [0, 0.05) is 39.2 Å². The minimum atomic E-state index is -0.929. The summed E-state index contributed by atoms with van der Waals surface area (Å²) in [5.41, 5.74) is 1.27. The van der Waals surface area contributed by atoms with Gasteiger partial charge in [0.15, 0.2) is 17.5 Å². The predicted molar refractivity (Wildman–Crippen MR) is 170 cm³/mol. The molecule has 3 heterocycles. The lowest BCUT2D eigenvalue weighted by atomic mass is 9.94. The second kappa shape index (κ2) is 13.8. The van der Waals surface area contributed by atoms with Crippen molar-refractivity contribution in [3.63, 3.8) is 0 Å². The number of benzene rings is 2. The zero-order chi connectivity index (χ0) is 32.3. The first-order valence-electron chi connectivity index (χ1n) is 15.0. The van der Waals surface area contributed by atoms with Crippen LogP contribution in [0, 0.1) is 11.6 Å². The molecule has 0 bridgehead atoms. The molecule has 0 radical (unpaired) electrons. The first kappa shape index (κ1) is 32.8. The molecule has 45 heavy (non-hydrogen) atoms. The summed E-state index contributed by atoms with van der Waals surface area (Å²) >= 11 is 3.69. The minimum absolute atomic E-state index is 0.276. The smallest absolute Gasteiger partial charge is 0.410 e. The van der Waals surface area contributed by atoms with Gasteiger partial charge < -0.3 is 14.8 Å². The largest absolute Gasteiger partial charge is 0.444 e. The van der Waals surface area contributed by atoms with E-state index < -0.39 is 35.4 Å². The van der Waals surface area contributed by atoms with Gasteiger partial charge in [-0.2, -0.15) is 5.10 Å². The first-order valence-corrected chi connectivity index (χ1v) is 15.8. The highest BCUT2D eigenvalue weighted by molar-refractivity contribution is 9.10. The number of nitrogens with one attached hydrogen (secondary N) is 2. The maximum absolute atomic E-state index is 14.2. The number of carbonyl (C=O) groups excluding carboxylic acids is 2. The highest BCUT2D eigenvalue weighted by Crippen LogP contribution is 2.40. The van der Waals surface area contributed by atoms with E-state index in [9.17, 15) is 18.4 Å². The Labute approximate surface area is 270 Å². The van der Waals surface area contributed by atoms with E-state index >= 15 is 0 Å². The molecule has 3 atom stereocenters. The maximum atomic E-state index is 14.2. The fourth-order valence-electron chi connectivity index (χ4n) is 5.91. The number of methoxy groups -OCH3 is 1. The zero-order valence-electron chi connectivity index (χ0n) is 25.9. The monoisotopic (exact) mass is 688 g/mol. The Morgan fingerprint density at radius 1 is 1.09 bits per heavy atom. The molecule has 2 aliphatic heterocycles. The van der Waals surface area contributed by atoms with Gasteiger partial charge in [-0.3, -0.25) is 15.1 Å². The van der Waals surface area contributed by atoms with Crippen molar-refractivity contribution in [1.29, 1.82) is 0 Å². The summed E-state index contributed by atoms with van der Waals surface area (Å²) in [6, 6.07) is 12.0. The predicted octanol–water partition coefficient (Wildman–Crippen LogP) is 6.22. The molecule has 2 fully saturated rings. The summed E-state index contributed by atoms with van der Waals surface area (Å²) in [7, 11) is 1.62. The Morgan fingerprint density at radius 2 is 1.84 bits per heavy atom. The van der Waals surface area contributed by atoms with Gasteiger partial charge in [-0.25, -0.2) is 23.1 Å². The van der Waals surface area contributed by atoms with Crippen molar-refractivity contribution in [2.24, 2.45) is 0 Å². The molecule has 242 valence electrons. The average Bonchev–Trinajstić information content (AvgIpc) is 3.71. The van der Waals surface area contributed by atoms with Crippen LogP contribution in [0.25, 0.3) is 5.69 Å². The number of ether oxygens (including phenoxy) is 2. The topological polar surface area (TPSA) is 101 Å². The summed E-state index contributed by atoms with van der Waals surface area (Å²) in [6.45, 7) is 8.17. The zero-order valence-corrected chi connectivity index (χ0v) is 27.4. The van der Waals surface area contributed by atoms with Crippen LogP contribution in [0.15, 0.2) is 53.0 Å². The molecule has 1 unspecified atom stereocenters. The summed E-state index contributed by atoms with van der Waals surface area (Å²) in [6.07, 6.45) is 1.05. The lowest BCUT2D eigenvalue weighted by molar-refractivity contribution is 0.0220. The number of amides is 3. The van der Waals surface area contributed by atoms with Crippen molar-refractivity contribution in [2.75, 3.05) is 45.2 Å². The summed E-state index contributed by atoms with van der Waals surface area (Å²) in [4.78, 5) is 30.5. The van der Waals surface area contributed by atoms with E-state index in [4.69, 9.17) is 14.6 Å². The number of nitrogens with zero attached hydrogens (tertiary/aromatic N) is 4. The molecule has 3 amide bonds. The van der Waals surface area contributed by atoms with Gasteiger partial charge >= 0.3 is 12.1 Å². The molecule has 0 spiro atoms. The van der Waals surface area contributed by atoms with Gasteiger partial charge in [-0.1, -0.05) is 24.3 Å². The Morgan fingerprint density at radius 3 is 2.53 bits per heavy atom. The van der Waals surface area contributed by atoms with Crippen LogP contribution in [-0.2, 0) is 9.47 Å². The average molecular weight is 690 g/mol. The van der Waals surface area contributed by atoms with E-state index in [1.165, 1.54) is 6.07 Å². The number of rotatable bonds is 8. The van der Waals surface area contributed by atoms with Crippen LogP contribution >= 0.6 is 15.9 Å². The van der Waals surface area contributed by atoms with E-state index in [1.807, 2.05) is 51.1 Å². The number of likely N-dealkylation sites (tertiary alicyclic amines) is 2. The Bertz CT molecular complexity index is 1520. The van der Waals surface area contributed by atoms with Gasteiger partial charge in [-0.05, 0) is 79.4 Å². The molecule has 13 heteroatoms. The number of aromatic nitrogens is 2. The lowest BCUT2D eigenvalue weighted by Crippen LogP contribution is -2.42. The van der Waals surface area contributed by atoms with Crippen LogP contribution in [0.5, 0.6) is 0 Å². The number of hydrogen-bond donors (Lipinski definition) is 2. The number of hydrogen-bond acceptors (Lipinski definition) is 6. The number of para-hydroxylation sites is 1. The molecule has 2 saturated heterocycles. The molecule has 5 rings (SSSR count). The van der Waals surface area contributed by atoms with Crippen molar-refractivity contribution in [1.82, 2.24) is 24.9 Å². The molecule has 2 aromatic carbocycles. The quantitative estimate of drug-likeness (QED) is 0.292. The minimum Gasteiger partial charge on any atom is -0.444 e. The number of halogens is 3. The molecule has 2 N–H and O–H groups in total. The normalized spacial score (nSPS) is 20.4. The van der Waals surface area contributed by atoms with Crippen LogP contribution in [0.1, 0.15) is 56.8 Å². The fourth-order valence-corrected chi connectivity index (χ4v) is 6.52. The third kappa shape index (κ3) is 7.64. The summed E-state index contributed by atoms with van der Waals surface area (Å²) in [5, 5.41) is 10.9. The second-order valence-electron chi connectivity index (χ2n) is 12.4. The Hall–Kier alpha value is -3.55. The van der Waals surface area contributed by atoms with Crippen molar-refractivity contribution >= 4 is 33.9 Å². The number of anilines is 1. The highest BCUT2D eigenvalue weighted by Gasteiger charge is 2.38. The molecule has 2 aliphatic rings. The van der Waals surface area contributed by atoms with Crippen LogP contribution in [0.3, 0.4) is 0 Å². The molecular formula is C32H39BrF2N6O4. The van der Waals surface area contributed by atoms with Crippen molar-refractivity contribution in [2.45, 2.75) is 57.2 Å². The Kier molecular flexibility index (Phi) is 10.1. The van der Waals surface area contributed by atoms with Gasteiger partial charge in [-0.15, -0.1) is 0 Å². The number of carbonyl (C=O) groups is 2. The molecule has 0 saturated carbocycles. The van der Waals surface area contributed by atoms with E-state index in [-0.39, 0.29) is 12.0 Å². The van der Waals surface area contributed by atoms with Crippen molar-refractivity contribution in [3.05, 3.63) is 75.9 Å². The van der Waals surface area contributed by atoms with Crippen LogP contribution in [-0.4, -0.2) is 83.2 Å². The Balaban J connectivity index is 1.42. The molecule has 0 aliphatic carbocycles. The van der Waals surface area contributed by atoms with Crippen LogP contribution in [0.4, 0.5) is 24.2 Å². The van der Waals surface area contributed by atoms with Crippen LogP contribution in [0.2, 0.25) is 0 Å². The van der Waals surface area contributed by atoms with Gasteiger partial charge in [0.1, 0.15) is 11.3 Å². The number of urea groups is 1. The summed E-state index contributed by atoms with van der Waals surface area (Å²) < 4.78 is 41.0. The highest BCUT2D eigenvalue weighted by atomic mass is 79.9. The third-order valence-electron chi connectivity index (χ3n) is 7.98. The standard InChI is InChI=1S/C32H39BrF2N6O4/c1-32(2,3)45-31(43)40-14-8-11-26(40)28-27(33)29(41(38-28)21-9-6-5-7-10-21)37-30(42)36-25-19-39(15-16-44-4)18-22(25)20-12-13-23(34)24(35)17-20/h5-7,9-10,12-13,17,22,25-26H,8,11,14-16,18-19H2,1-4H3,(H2,36,37,42)/t22-,25+,26?/m0/s1. The SMILES string of the molecule is COCCN1C[C@@H](NC(=O)Nc2c(Br)c(C3CCCN3C(=O)OC(C)(C)C)nn2-c2ccccc2)[C@H](c2ccc(F)c(F)c2)C1. The van der Waals surface area contributed by atoms with E-state index in [0.29, 0.717) is 66.4 Å². The lowest BCUT2D eigenvalue weighted by Gasteiger charge is -2.28. The van der Waals surface area contributed by atoms with Crippen molar-refractivity contribution in [3.8, 4) is 5.69 Å².